The second-order valence-electron chi connectivity index (χ2n) is 5.16. The molecule has 17 heavy (non-hydrogen) atoms. The molecule has 100 valence electrons. The highest BCUT2D eigenvalue weighted by Gasteiger charge is 1.94. The van der Waals surface area contributed by atoms with Crippen molar-refractivity contribution in [1.29, 1.82) is 0 Å². The van der Waals surface area contributed by atoms with Gasteiger partial charge >= 0.3 is 0 Å². The van der Waals surface area contributed by atoms with Crippen molar-refractivity contribution >= 4 is 5.78 Å². The number of Topliss-reactive ketones (excluding diaryl/α,β-unsaturated/α-hetero) is 1. The van der Waals surface area contributed by atoms with Crippen molar-refractivity contribution in [3.05, 3.63) is 11.6 Å². The Morgan fingerprint density at radius 3 is 2.18 bits per heavy atom. The molecule has 1 heteroatoms. The Morgan fingerprint density at radius 2 is 1.53 bits per heavy atom. The minimum absolute atomic E-state index is 0.312. The van der Waals surface area contributed by atoms with Crippen molar-refractivity contribution in [3.63, 3.8) is 0 Å². The van der Waals surface area contributed by atoms with Gasteiger partial charge < -0.3 is 4.79 Å². The molecule has 1 nitrogen and oxygen atoms in total. The molecule has 0 fully saturated rings. The molecule has 0 aromatic carbocycles. The smallest absolute Gasteiger partial charge is 0.129 e. The fraction of sp³-hybridized carbons (Fsp3) is 0.812. The van der Waals surface area contributed by atoms with E-state index in [1.165, 1.54) is 50.5 Å². The molecule has 0 bridgehead atoms. The zero-order valence-electron chi connectivity index (χ0n) is 12.1. The fourth-order valence-electron chi connectivity index (χ4n) is 1.99. The summed E-state index contributed by atoms with van der Waals surface area (Å²) in [7, 11) is 0. The van der Waals surface area contributed by atoms with E-state index in [1.807, 2.05) is 0 Å². The second-order valence-corrected chi connectivity index (χ2v) is 5.16. The van der Waals surface area contributed by atoms with E-state index in [0.29, 0.717) is 5.78 Å². The van der Waals surface area contributed by atoms with Gasteiger partial charge in [-0.1, -0.05) is 50.7 Å². The summed E-state index contributed by atoms with van der Waals surface area (Å²) < 4.78 is 0. The first kappa shape index (κ1) is 16.4. The van der Waals surface area contributed by atoms with Gasteiger partial charge in [0.15, 0.2) is 0 Å². The molecule has 0 aliphatic carbocycles. The van der Waals surface area contributed by atoms with Gasteiger partial charge in [-0.25, -0.2) is 0 Å². The predicted octanol–water partition coefficient (Wildman–Crippen LogP) is 5.44. The predicted molar refractivity (Wildman–Crippen MR) is 76.3 cm³/mol. The molecule has 0 spiro atoms. The van der Waals surface area contributed by atoms with Crippen LogP contribution in [-0.2, 0) is 4.79 Å². The summed E-state index contributed by atoms with van der Waals surface area (Å²) in [4.78, 5) is 10.8. The Bertz CT molecular complexity index is 216. The van der Waals surface area contributed by atoms with E-state index in [0.717, 1.165) is 19.3 Å². The first-order chi connectivity index (χ1) is 8.16. The SMILES string of the molecule is CCCCCCCC/C(C)=C/CCCC(C)=O. The number of unbranched alkanes of at least 4 members (excludes halogenated alkanes) is 6. The highest BCUT2D eigenvalue weighted by molar-refractivity contribution is 5.75. The van der Waals surface area contributed by atoms with Gasteiger partial charge in [0.05, 0.1) is 0 Å². The lowest BCUT2D eigenvalue weighted by Gasteiger charge is -2.02. The Hall–Kier alpha value is -0.590. The summed E-state index contributed by atoms with van der Waals surface area (Å²) in [6.07, 6.45) is 14.6. The largest absolute Gasteiger partial charge is 0.300 e. The van der Waals surface area contributed by atoms with E-state index in [2.05, 4.69) is 19.9 Å². The van der Waals surface area contributed by atoms with Gasteiger partial charge in [0.25, 0.3) is 0 Å². The minimum Gasteiger partial charge on any atom is -0.300 e. The second kappa shape index (κ2) is 11.9. The Labute approximate surface area is 108 Å². The number of rotatable bonds is 11. The molecule has 0 rings (SSSR count). The van der Waals surface area contributed by atoms with Crippen LogP contribution in [0.25, 0.3) is 0 Å². The number of allylic oxidation sites excluding steroid dienone is 2. The summed E-state index contributed by atoms with van der Waals surface area (Å²) in [5.41, 5.74) is 1.50. The van der Waals surface area contributed by atoms with Crippen LogP contribution in [0, 0.1) is 0 Å². The number of carbonyl (C=O) groups is 1. The van der Waals surface area contributed by atoms with Crippen molar-refractivity contribution in [2.75, 3.05) is 0 Å². The van der Waals surface area contributed by atoms with Crippen LogP contribution in [-0.4, -0.2) is 5.78 Å². The van der Waals surface area contributed by atoms with Crippen LogP contribution >= 0.6 is 0 Å². The van der Waals surface area contributed by atoms with Crippen molar-refractivity contribution in [2.24, 2.45) is 0 Å². The number of ketones is 1. The molecule has 0 heterocycles. The van der Waals surface area contributed by atoms with E-state index in [1.54, 1.807) is 6.92 Å². The number of hydrogen-bond donors (Lipinski definition) is 0. The van der Waals surface area contributed by atoms with Gasteiger partial charge in [-0.05, 0) is 39.5 Å². The normalized spacial score (nSPS) is 11.8. The Kier molecular flexibility index (Phi) is 11.5. The first-order valence-electron chi connectivity index (χ1n) is 7.32. The maximum Gasteiger partial charge on any atom is 0.129 e. The lowest BCUT2D eigenvalue weighted by molar-refractivity contribution is -0.117. The van der Waals surface area contributed by atoms with Gasteiger partial charge in [-0.15, -0.1) is 0 Å². The van der Waals surface area contributed by atoms with Crippen molar-refractivity contribution < 1.29 is 4.79 Å². The third-order valence-electron chi connectivity index (χ3n) is 3.15. The van der Waals surface area contributed by atoms with E-state index in [9.17, 15) is 4.79 Å². The summed E-state index contributed by atoms with van der Waals surface area (Å²) in [5.74, 6) is 0.312. The average molecular weight is 238 g/mol. The first-order valence-corrected chi connectivity index (χ1v) is 7.32. The fourth-order valence-corrected chi connectivity index (χ4v) is 1.99. The third-order valence-corrected chi connectivity index (χ3v) is 3.15. The van der Waals surface area contributed by atoms with Gasteiger partial charge in [0.1, 0.15) is 5.78 Å². The lowest BCUT2D eigenvalue weighted by atomic mass is 10.0. The molecule has 0 unspecified atom stereocenters. The van der Waals surface area contributed by atoms with Crippen LogP contribution < -0.4 is 0 Å². The van der Waals surface area contributed by atoms with E-state index >= 15 is 0 Å². The summed E-state index contributed by atoms with van der Waals surface area (Å²) in [6, 6.07) is 0. The number of hydrogen-bond acceptors (Lipinski definition) is 1. The molecule has 0 saturated carbocycles. The van der Waals surface area contributed by atoms with Crippen LogP contribution in [0.5, 0.6) is 0 Å². The molecule has 0 saturated heterocycles. The minimum atomic E-state index is 0.312. The lowest BCUT2D eigenvalue weighted by Crippen LogP contribution is -1.88. The van der Waals surface area contributed by atoms with Crippen LogP contribution in [0.3, 0.4) is 0 Å². The summed E-state index contributed by atoms with van der Waals surface area (Å²) >= 11 is 0. The van der Waals surface area contributed by atoms with E-state index in [4.69, 9.17) is 0 Å². The van der Waals surface area contributed by atoms with E-state index < -0.39 is 0 Å². The monoisotopic (exact) mass is 238 g/mol. The van der Waals surface area contributed by atoms with Gasteiger partial charge in [-0.2, -0.15) is 0 Å². The average Bonchev–Trinajstić information content (AvgIpc) is 2.29. The van der Waals surface area contributed by atoms with Crippen LogP contribution in [0.4, 0.5) is 0 Å². The quantitative estimate of drug-likeness (QED) is 0.346. The molecule has 0 radical (unpaired) electrons. The highest BCUT2D eigenvalue weighted by Crippen LogP contribution is 2.12. The standard InChI is InChI=1S/C16H30O/c1-4-5-6-7-8-9-12-15(2)13-10-11-14-16(3)17/h13H,4-12,14H2,1-3H3/b15-13+. The van der Waals surface area contributed by atoms with E-state index in [-0.39, 0.29) is 0 Å². The van der Waals surface area contributed by atoms with Crippen molar-refractivity contribution in [3.8, 4) is 0 Å². The van der Waals surface area contributed by atoms with Gasteiger partial charge in [0.2, 0.25) is 0 Å². The molecule has 0 aromatic heterocycles. The molecule has 0 aromatic rings. The van der Waals surface area contributed by atoms with Crippen LogP contribution in [0.1, 0.15) is 85.0 Å². The zero-order valence-corrected chi connectivity index (χ0v) is 12.1. The van der Waals surface area contributed by atoms with Gasteiger partial charge in [0, 0.05) is 6.42 Å². The maximum atomic E-state index is 10.8. The Balaban J connectivity index is 3.34. The molecule has 0 amide bonds. The molecular formula is C16H30O. The van der Waals surface area contributed by atoms with Crippen molar-refractivity contribution in [2.45, 2.75) is 85.0 Å². The molecule has 0 aliphatic heterocycles. The highest BCUT2D eigenvalue weighted by atomic mass is 16.1. The molecular weight excluding hydrogens is 208 g/mol. The molecule has 0 aliphatic rings. The summed E-state index contributed by atoms with van der Waals surface area (Å²) in [5, 5.41) is 0. The van der Waals surface area contributed by atoms with Crippen molar-refractivity contribution in [1.82, 2.24) is 0 Å². The topological polar surface area (TPSA) is 17.1 Å². The third kappa shape index (κ3) is 13.3. The van der Waals surface area contributed by atoms with Crippen LogP contribution in [0.2, 0.25) is 0 Å². The zero-order chi connectivity index (χ0) is 12.9. The molecule has 0 N–H and O–H groups in total. The Morgan fingerprint density at radius 1 is 0.882 bits per heavy atom. The number of carbonyl (C=O) groups excluding carboxylic acids is 1. The maximum absolute atomic E-state index is 10.8. The summed E-state index contributed by atoms with van der Waals surface area (Å²) in [6.45, 7) is 6.15. The van der Waals surface area contributed by atoms with Gasteiger partial charge in [-0.3, -0.25) is 0 Å². The van der Waals surface area contributed by atoms with Crippen LogP contribution in [0.15, 0.2) is 11.6 Å². The molecule has 0 atom stereocenters.